The topological polar surface area (TPSA) is 37.8 Å². The van der Waals surface area contributed by atoms with E-state index in [1.54, 1.807) is 0 Å². The molecule has 0 fully saturated rings. The lowest BCUT2D eigenvalue weighted by Gasteiger charge is -2.10. The smallest absolute Gasteiger partial charge is 0.129 e. The summed E-state index contributed by atoms with van der Waals surface area (Å²) in [5.41, 5.74) is 2.30. The van der Waals surface area contributed by atoms with Crippen LogP contribution in [0.15, 0.2) is 36.7 Å². The van der Waals surface area contributed by atoms with Crippen LogP contribution in [0.25, 0.3) is 21.7 Å². The molecule has 0 unspecified atom stereocenters. The molecule has 0 bridgehead atoms. The zero-order valence-corrected chi connectivity index (χ0v) is 11.3. The Bertz CT molecular complexity index is 734. The Balaban J connectivity index is 2.34. The summed E-state index contributed by atoms with van der Waals surface area (Å²) < 4.78 is 0. The third-order valence-electron chi connectivity index (χ3n) is 3.44. The van der Waals surface area contributed by atoms with Gasteiger partial charge >= 0.3 is 0 Å². The van der Waals surface area contributed by atoms with Crippen molar-refractivity contribution < 1.29 is 0 Å². The van der Waals surface area contributed by atoms with Crippen molar-refractivity contribution in [1.29, 1.82) is 0 Å². The van der Waals surface area contributed by atoms with Crippen LogP contribution in [0, 0.1) is 0 Å². The van der Waals surface area contributed by atoms with Crippen molar-refractivity contribution in [2.75, 3.05) is 12.4 Å². The highest BCUT2D eigenvalue weighted by Gasteiger charge is 2.07. The van der Waals surface area contributed by atoms with Gasteiger partial charge in [0.15, 0.2) is 0 Å². The fourth-order valence-electron chi connectivity index (χ4n) is 2.52. The summed E-state index contributed by atoms with van der Waals surface area (Å²) in [4.78, 5) is 9.01. The predicted octanol–water partition coefficient (Wildman–Crippen LogP) is 3.78. The third kappa shape index (κ3) is 2.01. The monoisotopic (exact) mass is 251 g/mol. The van der Waals surface area contributed by atoms with E-state index in [9.17, 15) is 0 Å². The molecule has 1 N–H and O–H groups in total. The number of benzene rings is 1. The van der Waals surface area contributed by atoms with Gasteiger partial charge in [0.05, 0.1) is 5.52 Å². The Kier molecular flexibility index (Phi) is 3.03. The number of rotatable bonds is 3. The summed E-state index contributed by atoms with van der Waals surface area (Å²) >= 11 is 0. The molecule has 1 aromatic carbocycles. The van der Waals surface area contributed by atoms with Crippen molar-refractivity contribution in [3.8, 4) is 0 Å². The van der Waals surface area contributed by atoms with Gasteiger partial charge in [-0.15, -0.1) is 0 Å². The maximum atomic E-state index is 4.79. The molecule has 0 radical (unpaired) electrons. The maximum absolute atomic E-state index is 4.79. The van der Waals surface area contributed by atoms with E-state index in [4.69, 9.17) is 4.98 Å². The minimum Gasteiger partial charge on any atom is -0.373 e. The van der Waals surface area contributed by atoms with Gasteiger partial charge in [0.1, 0.15) is 5.82 Å². The van der Waals surface area contributed by atoms with Crippen molar-refractivity contribution in [3.63, 3.8) is 0 Å². The number of hydrogen-bond donors (Lipinski definition) is 1. The van der Waals surface area contributed by atoms with E-state index in [-0.39, 0.29) is 0 Å². The van der Waals surface area contributed by atoms with Crippen LogP contribution in [0.4, 0.5) is 5.82 Å². The number of aryl methyl sites for hydroxylation is 1. The number of nitrogens with one attached hydrogen (secondary N) is 1. The number of hydrogen-bond acceptors (Lipinski definition) is 3. The summed E-state index contributed by atoms with van der Waals surface area (Å²) in [7, 11) is 1.93. The highest BCUT2D eigenvalue weighted by molar-refractivity contribution is 6.05. The molecule has 0 aliphatic rings. The van der Waals surface area contributed by atoms with E-state index in [0.717, 1.165) is 29.6 Å². The highest BCUT2D eigenvalue weighted by atomic mass is 15.0. The van der Waals surface area contributed by atoms with Crippen LogP contribution in [0.3, 0.4) is 0 Å². The summed E-state index contributed by atoms with van der Waals surface area (Å²) in [6.07, 6.45) is 5.88. The van der Waals surface area contributed by atoms with Gasteiger partial charge in [0, 0.05) is 30.2 Å². The fourth-order valence-corrected chi connectivity index (χ4v) is 2.52. The molecule has 3 nitrogen and oxygen atoms in total. The quantitative estimate of drug-likeness (QED) is 0.720. The van der Waals surface area contributed by atoms with Crippen molar-refractivity contribution in [2.24, 2.45) is 0 Å². The fraction of sp³-hybridized carbons (Fsp3) is 0.250. The number of pyridine rings is 2. The van der Waals surface area contributed by atoms with Gasteiger partial charge in [-0.2, -0.15) is 0 Å². The van der Waals surface area contributed by atoms with Crippen molar-refractivity contribution in [1.82, 2.24) is 9.97 Å². The molecule has 0 aliphatic heterocycles. The summed E-state index contributed by atoms with van der Waals surface area (Å²) in [6.45, 7) is 2.19. The van der Waals surface area contributed by atoms with Crippen LogP contribution in [-0.4, -0.2) is 17.0 Å². The van der Waals surface area contributed by atoms with Gasteiger partial charge in [0.2, 0.25) is 0 Å². The Morgan fingerprint density at radius 3 is 2.79 bits per heavy atom. The zero-order valence-electron chi connectivity index (χ0n) is 11.3. The lowest BCUT2D eigenvalue weighted by Crippen LogP contribution is -1.99. The zero-order chi connectivity index (χ0) is 13.2. The minimum absolute atomic E-state index is 0.978. The number of fused-ring (bicyclic) bond motifs is 3. The van der Waals surface area contributed by atoms with Crippen molar-refractivity contribution in [2.45, 2.75) is 19.8 Å². The Labute approximate surface area is 112 Å². The number of anilines is 1. The third-order valence-corrected chi connectivity index (χ3v) is 3.44. The normalized spacial score (nSPS) is 11.1. The molecule has 19 heavy (non-hydrogen) atoms. The summed E-state index contributed by atoms with van der Waals surface area (Å²) in [6, 6.07) is 8.54. The Morgan fingerprint density at radius 2 is 2.00 bits per heavy atom. The molecule has 3 heteroatoms. The van der Waals surface area contributed by atoms with Crippen molar-refractivity contribution in [3.05, 3.63) is 42.2 Å². The van der Waals surface area contributed by atoms with E-state index in [2.05, 4.69) is 35.4 Å². The molecule has 0 saturated carbocycles. The lowest BCUT2D eigenvalue weighted by molar-refractivity contribution is 0.919. The Morgan fingerprint density at radius 1 is 1.16 bits per heavy atom. The van der Waals surface area contributed by atoms with E-state index in [1.165, 1.54) is 16.3 Å². The second-order valence-corrected chi connectivity index (χ2v) is 4.73. The first kappa shape index (κ1) is 11.9. The van der Waals surface area contributed by atoms with Crippen LogP contribution in [0.2, 0.25) is 0 Å². The van der Waals surface area contributed by atoms with Gasteiger partial charge in [-0.3, -0.25) is 4.98 Å². The molecular formula is C16H17N3. The van der Waals surface area contributed by atoms with Crippen LogP contribution in [0.1, 0.15) is 18.9 Å². The first-order chi connectivity index (χ1) is 9.33. The molecule has 0 atom stereocenters. The molecule has 3 rings (SSSR count). The first-order valence-electron chi connectivity index (χ1n) is 6.67. The van der Waals surface area contributed by atoms with Gasteiger partial charge in [0.25, 0.3) is 0 Å². The molecule has 0 amide bonds. The molecule has 2 aromatic heterocycles. The molecule has 96 valence electrons. The van der Waals surface area contributed by atoms with Gasteiger partial charge in [-0.05, 0) is 29.5 Å². The van der Waals surface area contributed by atoms with E-state index in [0.29, 0.717) is 0 Å². The minimum atomic E-state index is 0.978. The van der Waals surface area contributed by atoms with Gasteiger partial charge < -0.3 is 5.32 Å². The van der Waals surface area contributed by atoms with Crippen LogP contribution >= 0.6 is 0 Å². The average molecular weight is 251 g/mol. The maximum Gasteiger partial charge on any atom is 0.129 e. The first-order valence-corrected chi connectivity index (χ1v) is 6.67. The lowest BCUT2D eigenvalue weighted by atomic mass is 10.0. The van der Waals surface area contributed by atoms with Gasteiger partial charge in [-0.1, -0.05) is 25.5 Å². The molecule has 2 heterocycles. The summed E-state index contributed by atoms with van der Waals surface area (Å²) in [5, 5.41) is 6.68. The molecular weight excluding hydrogens is 234 g/mol. The van der Waals surface area contributed by atoms with Gasteiger partial charge in [-0.25, -0.2) is 4.98 Å². The Hall–Kier alpha value is -2.16. The van der Waals surface area contributed by atoms with E-state index >= 15 is 0 Å². The van der Waals surface area contributed by atoms with Crippen LogP contribution in [0.5, 0.6) is 0 Å². The van der Waals surface area contributed by atoms with E-state index < -0.39 is 0 Å². The largest absolute Gasteiger partial charge is 0.373 e. The molecule has 0 aliphatic carbocycles. The standard InChI is InChI=1S/C16H17N3/c1-3-4-13-9-12-6-5-11-7-8-18-10-14(11)15(12)19-16(13)17-2/h5-10H,3-4H2,1-2H3,(H,17,19). The SMILES string of the molecule is CCCc1cc2ccc3ccncc3c2nc1NC. The highest BCUT2D eigenvalue weighted by Crippen LogP contribution is 2.27. The average Bonchev–Trinajstić information content (AvgIpc) is 2.46. The number of aromatic nitrogens is 2. The van der Waals surface area contributed by atoms with Crippen molar-refractivity contribution >= 4 is 27.5 Å². The van der Waals surface area contributed by atoms with Crippen LogP contribution < -0.4 is 5.32 Å². The second kappa shape index (κ2) is 4.84. The predicted molar refractivity (Wildman–Crippen MR) is 80.6 cm³/mol. The molecule has 3 aromatic rings. The second-order valence-electron chi connectivity index (χ2n) is 4.73. The van der Waals surface area contributed by atoms with Crippen LogP contribution in [-0.2, 0) is 6.42 Å². The molecule has 0 saturated heterocycles. The molecule has 0 spiro atoms. The number of nitrogens with zero attached hydrogens (tertiary/aromatic N) is 2. The van der Waals surface area contributed by atoms with E-state index in [1.807, 2.05) is 25.5 Å². The summed E-state index contributed by atoms with van der Waals surface area (Å²) in [5.74, 6) is 0.978.